The molecular formula is C21H29N4O3+. The normalized spacial score (nSPS) is 10.4. The van der Waals surface area contributed by atoms with Crippen LogP contribution in [0.25, 0.3) is 0 Å². The maximum Gasteiger partial charge on any atom is 0.327 e. The second-order valence-electron chi connectivity index (χ2n) is 6.46. The number of aryl methyl sites for hydroxylation is 3. The molecule has 0 aliphatic carbocycles. The number of benzene rings is 1. The minimum Gasteiger partial charge on any atom is -0.396 e. The molecule has 0 atom stereocenters. The third kappa shape index (κ3) is 7.00. The van der Waals surface area contributed by atoms with Crippen LogP contribution in [0, 0.1) is 0 Å². The summed E-state index contributed by atoms with van der Waals surface area (Å²) in [5, 5.41) is 11.2. The van der Waals surface area contributed by atoms with E-state index in [0.717, 1.165) is 30.6 Å². The van der Waals surface area contributed by atoms with Crippen LogP contribution in [0.2, 0.25) is 0 Å². The number of carbonyl (C=O) groups is 2. The summed E-state index contributed by atoms with van der Waals surface area (Å²) in [5.41, 5.74) is 8.35. The molecule has 0 spiro atoms. The molecule has 1 aromatic heterocycles. The second-order valence-corrected chi connectivity index (χ2v) is 6.46. The number of aliphatic hydroxyl groups is 1. The molecule has 2 aromatic rings. The van der Waals surface area contributed by atoms with Gasteiger partial charge in [-0.2, -0.15) is 0 Å². The van der Waals surface area contributed by atoms with Gasteiger partial charge in [-0.3, -0.25) is 20.4 Å². The number of nitrogens with one attached hydrogen (secondary N) is 3. The van der Waals surface area contributed by atoms with Crippen molar-refractivity contribution >= 4 is 17.5 Å². The largest absolute Gasteiger partial charge is 0.396 e. The van der Waals surface area contributed by atoms with Crippen molar-refractivity contribution in [1.82, 2.24) is 10.7 Å². The van der Waals surface area contributed by atoms with Crippen LogP contribution in [0.15, 0.2) is 48.8 Å². The summed E-state index contributed by atoms with van der Waals surface area (Å²) in [7, 11) is 0. The van der Waals surface area contributed by atoms with E-state index in [-0.39, 0.29) is 6.61 Å². The van der Waals surface area contributed by atoms with Gasteiger partial charge < -0.3 is 10.4 Å². The van der Waals surface area contributed by atoms with Gasteiger partial charge in [0.15, 0.2) is 12.4 Å². The zero-order valence-electron chi connectivity index (χ0n) is 16.3. The Morgan fingerprint density at radius 2 is 1.75 bits per heavy atom. The highest BCUT2D eigenvalue weighted by Crippen LogP contribution is 2.16. The van der Waals surface area contributed by atoms with Gasteiger partial charge in [-0.15, -0.1) is 0 Å². The van der Waals surface area contributed by atoms with E-state index >= 15 is 0 Å². The zero-order chi connectivity index (χ0) is 20.2. The van der Waals surface area contributed by atoms with E-state index < -0.39 is 11.8 Å². The lowest BCUT2D eigenvalue weighted by Gasteiger charge is -2.13. The Morgan fingerprint density at radius 1 is 1.00 bits per heavy atom. The van der Waals surface area contributed by atoms with Crippen molar-refractivity contribution in [1.29, 1.82) is 0 Å². The number of anilines is 1. The number of aliphatic hydroxyl groups excluding tert-OH is 1. The van der Waals surface area contributed by atoms with Crippen molar-refractivity contribution in [3.63, 3.8) is 0 Å². The molecule has 28 heavy (non-hydrogen) atoms. The molecule has 1 aromatic carbocycles. The summed E-state index contributed by atoms with van der Waals surface area (Å²) in [6.45, 7) is 3.48. The molecule has 7 nitrogen and oxygen atoms in total. The lowest BCUT2D eigenvalue weighted by Crippen LogP contribution is -2.42. The number of rotatable bonds is 10. The molecule has 0 unspecified atom stereocenters. The summed E-state index contributed by atoms with van der Waals surface area (Å²) < 4.78 is 2.11. The topological polar surface area (TPSA) is 94.3 Å². The number of aromatic nitrogens is 1. The molecule has 0 saturated carbocycles. The molecule has 0 aliphatic heterocycles. The van der Waals surface area contributed by atoms with E-state index in [4.69, 9.17) is 5.11 Å². The molecule has 150 valence electrons. The highest BCUT2D eigenvalue weighted by Gasteiger charge is 2.13. The van der Waals surface area contributed by atoms with Crippen LogP contribution in [-0.2, 0) is 29.0 Å². The van der Waals surface area contributed by atoms with Crippen molar-refractivity contribution in [2.45, 2.75) is 39.2 Å². The third-order valence-corrected chi connectivity index (χ3v) is 4.41. The van der Waals surface area contributed by atoms with Crippen molar-refractivity contribution in [2.24, 2.45) is 0 Å². The van der Waals surface area contributed by atoms with Crippen LogP contribution in [0.3, 0.4) is 0 Å². The average molecular weight is 385 g/mol. The van der Waals surface area contributed by atoms with Gasteiger partial charge in [0, 0.05) is 25.3 Å². The van der Waals surface area contributed by atoms with Gasteiger partial charge in [-0.1, -0.05) is 18.2 Å². The van der Waals surface area contributed by atoms with Crippen LogP contribution in [0.5, 0.6) is 0 Å². The van der Waals surface area contributed by atoms with E-state index in [1.54, 1.807) is 0 Å². The van der Waals surface area contributed by atoms with Crippen LogP contribution in [0.4, 0.5) is 5.69 Å². The number of hydrogen-bond donors (Lipinski definition) is 4. The van der Waals surface area contributed by atoms with E-state index in [1.165, 1.54) is 5.56 Å². The molecule has 4 N–H and O–H groups in total. The lowest BCUT2D eigenvalue weighted by molar-refractivity contribution is -0.693. The molecule has 0 saturated heterocycles. The minimum absolute atomic E-state index is 0.0714. The SMILES string of the molecule is CC[n+]1ccc(CCc2ccccc2NNC(=O)C(=O)NCCCCO)cc1. The van der Waals surface area contributed by atoms with Crippen molar-refractivity contribution in [3.05, 3.63) is 59.9 Å². The zero-order valence-corrected chi connectivity index (χ0v) is 16.3. The first-order valence-corrected chi connectivity index (χ1v) is 9.65. The second kappa shape index (κ2) is 11.7. The first kappa shape index (κ1) is 21.4. The Balaban J connectivity index is 1.85. The number of amides is 2. The Bertz CT molecular complexity index is 763. The number of para-hydroxylation sites is 1. The van der Waals surface area contributed by atoms with Gasteiger partial charge in [-0.25, -0.2) is 4.57 Å². The maximum atomic E-state index is 11.9. The molecule has 0 aliphatic rings. The first-order valence-electron chi connectivity index (χ1n) is 9.65. The third-order valence-electron chi connectivity index (χ3n) is 4.41. The average Bonchev–Trinajstić information content (AvgIpc) is 2.74. The minimum atomic E-state index is -0.744. The monoisotopic (exact) mass is 385 g/mol. The molecule has 0 bridgehead atoms. The number of hydrogen-bond acceptors (Lipinski definition) is 4. The van der Waals surface area contributed by atoms with Crippen molar-refractivity contribution < 1.29 is 19.3 Å². The van der Waals surface area contributed by atoms with Gasteiger partial charge in [0.25, 0.3) is 0 Å². The Hall–Kier alpha value is -2.93. The van der Waals surface area contributed by atoms with Crippen LogP contribution in [0.1, 0.15) is 30.9 Å². The standard InChI is InChI=1S/C21H28N4O3/c1-2-25-14-11-17(12-15-25)9-10-18-7-3-4-8-19(18)23-24-21(28)20(27)22-13-5-6-16-26/h3-4,7-8,11-12,14-15,26H,2,5-6,9-10,13,16H2,1H3,(H2-,22,23,24,27,28)/p+1. The van der Waals surface area contributed by atoms with Gasteiger partial charge in [0.05, 0.1) is 5.69 Å². The molecular weight excluding hydrogens is 356 g/mol. The molecule has 0 radical (unpaired) electrons. The summed E-state index contributed by atoms with van der Waals surface area (Å²) in [4.78, 5) is 23.6. The molecule has 0 fully saturated rings. The predicted octanol–water partition coefficient (Wildman–Crippen LogP) is 1.11. The number of carbonyl (C=O) groups excluding carboxylic acids is 2. The van der Waals surface area contributed by atoms with Crippen LogP contribution in [-0.4, -0.2) is 30.1 Å². The number of nitrogens with zero attached hydrogens (tertiary/aromatic N) is 1. The van der Waals surface area contributed by atoms with E-state index in [1.807, 2.05) is 24.3 Å². The fourth-order valence-corrected chi connectivity index (χ4v) is 2.70. The van der Waals surface area contributed by atoms with Crippen LogP contribution >= 0.6 is 0 Å². The summed E-state index contributed by atoms with van der Waals surface area (Å²) in [6.07, 6.45) is 7.04. The van der Waals surface area contributed by atoms with Gasteiger partial charge >= 0.3 is 11.8 Å². The number of unbranched alkanes of at least 4 members (excludes halogenated alkanes) is 1. The Kier molecular flexibility index (Phi) is 8.94. The predicted molar refractivity (Wildman–Crippen MR) is 107 cm³/mol. The molecule has 2 amide bonds. The highest BCUT2D eigenvalue weighted by molar-refractivity contribution is 6.35. The number of pyridine rings is 1. The van der Waals surface area contributed by atoms with E-state index in [0.29, 0.717) is 19.4 Å². The quantitative estimate of drug-likeness (QED) is 0.213. The van der Waals surface area contributed by atoms with Gasteiger partial charge in [0.2, 0.25) is 0 Å². The summed E-state index contributed by atoms with van der Waals surface area (Å²) in [6, 6.07) is 11.9. The maximum absolute atomic E-state index is 11.9. The fourth-order valence-electron chi connectivity index (χ4n) is 2.70. The van der Waals surface area contributed by atoms with Crippen molar-refractivity contribution in [2.75, 3.05) is 18.6 Å². The molecule has 7 heteroatoms. The van der Waals surface area contributed by atoms with E-state index in [9.17, 15) is 9.59 Å². The van der Waals surface area contributed by atoms with Crippen molar-refractivity contribution in [3.8, 4) is 0 Å². The van der Waals surface area contributed by atoms with Gasteiger partial charge in [0.1, 0.15) is 6.54 Å². The van der Waals surface area contributed by atoms with Crippen LogP contribution < -0.4 is 20.7 Å². The molecule has 1 heterocycles. The fraction of sp³-hybridized carbons (Fsp3) is 0.381. The Labute approximate surface area is 165 Å². The van der Waals surface area contributed by atoms with E-state index in [2.05, 4.69) is 52.2 Å². The molecule has 2 rings (SSSR count). The summed E-state index contributed by atoms with van der Waals surface area (Å²) >= 11 is 0. The Morgan fingerprint density at radius 3 is 2.46 bits per heavy atom. The smallest absolute Gasteiger partial charge is 0.327 e. The number of hydrazine groups is 1. The highest BCUT2D eigenvalue weighted by atomic mass is 16.3. The summed E-state index contributed by atoms with van der Waals surface area (Å²) in [5.74, 6) is -1.44. The lowest BCUT2D eigenvalue weighted by atomic mass is 10.0. The van der Waals surface area contributed by atoms with Gasteiger partial charge in [-0.05, 0) is 49.8 Å². The first-order chi connectivity index (χ1) is 13.6.